The fourth-order valence-corrected chi connectivity index (χ4v) is 4.67. The van der Waals surface area contributed by atoms with Gasteiger partial charge in [0.1, 0.15) is 5.75 Å². The third kappa shape index (κ3) is 4.17. The van der Waals surface area contributed by atoms with Crippen LogP contribution in [0.3, 0.4) is 0 Å². The Balaban J connectivity index is 1.39. The molecule has 0 aliphatic carbocycles. The van der Waals surface area contributed by atoms with Crippen LogP contribution < -0.4 is 4.74 Å². The highest BCUT2D eigenvalue weighted by Crippen LogP contribution is 2.25. The third-order valence-electron chi connectivity index (χ3n) is 6.51. The molecule has 2 atom stereocenters. The Morgan fingerprint density at radius 3 is 2.64 bits per heavy atom. The SMILES string of the molecule is CC1CCCN1C(=O)c1ccc2cc(OCCC3CCCCN3C)ccc2c1. The molecular weight excluding hydrogens is 348 g/mol. The van der Waals surface area contributed by atoms with Gasteiger partial charge < -0.3 is 14.5 Å². The number of hydrogen-bond donors (Lipinski definition) is 0. The second-order valence-corrected chi connectivity index (χ2v) is 8.48. The fourth-order valence-electron chi connectivity index (χ4n) is 4.67. The Morgan fingerprint density at radius 2 is 1.86 bits per heavy atom. The van der Waals surface area contributed by atoms with E-state index >= 15 is 0 Å². The molecule has 2 saturated heterocycles. The smallest absolute Gasteiger partial charge is 0.254 e. The van der Waals surface area contributed by atoms with Gasteiger partial charge in [-0.05, 0) is 87.7 Å². The number of piperidine rings is 1. The molecule has 2 aromatic rings. The number of benzene rings is 2. The van der Waals surface area contributed by atoms with E-state index < -0.39 is 0 Å². The lowest BCUT2D eigenvalue weighted by molar-refractivity contribution is 0.0747. The molecule has 2 aliphatic heterocycles. The van der Waals surface area contributed by atoms with Crippen LogP contribution in [0.2, 0.25) is 0 Å². The number of likely N-dealkylation sites (tertiary alicyclic amines) is 2. The van der Waals surface area contributed by atoms with Crippen molar-refractivity contribution in [2.24, 2.45) is 0 Å². The average molecular weight is 381 g/mol. The topological polar surface area (TPSA) is 32.8 Å². The van der Waals surface area contributed by atoms with Crippen LogP contribution >= 0.6 is 0 Å². The van der Waals surface area contributed by atoms with E-state index in [4.69, 9.17) is 4.74 Å². The zero-order valence-electron chi connectivity index (χ0n) is 17.2. The van der Waals surface area contributed by atoms with Crippen molar-refractivity contribution in [1.82, 2.24) is 9.80 Å². The largest absolute Gasteiger partial charge is 0.494 e. The Hall–Kier alpha value is -2.07. The number of nitrogens with zero attached hydrogens (tertiary/aromatic N) is 2. The van der Waals surface area contributed by atoms with E-state index in [0.717, 1.165) is 54.5 Å². The van der Waals surface area contributed by atoms with Crippen molar-refractivity contribution in [2.45, 2.75) is 57.5 Å². The van der Waals surface area contributed by atoms with Crippen LogP contribution in [0.15, 0.2) is 36.4 Å². The first-order valence-electron chi connectivity index (χ1n) is 10.8. The van der Waals surface area contributed by atoms with Crippen LogP contribution in [0.4, 0.5) is 0 Å². The van der Waals surface area contributed by atoms with Crippen LogP contribution in [-0.4, -0.2) is 54.5 Å². The molecule has 4 nitrogen and oxygen atoms in total. The van der Waals surface area contributed by atoms with Crippen molar-refractivity contribution < 1.29 is 9.53 Å². The molecule has 0 aromatic heterocycles. The zero-order valence-corrected chi connectivity index (χ0v) is 17.2. The monoisotopic (exact) mass is 380 g/mol. The highest BCUT2D eigenvalue weighted by atomic mass is 16.5. The van der Waals surface area contributed by atoms with E-state index in [1.807, 2.05) is 29.2 Å². The van der Waals surface area contributed by atoms with E-state index in [9.17, 15) is 4.79 Å². The second kappa shape index (κ2) is 8.52. The molecule has 1 amide bonds. The molecule has 0 N–H and O–H groups in total. The van der Waals surface area contributed by atoms with Gasteiger partial charge >= 0.3 is 0 Å². The van der Waals surface area contributed by atoms with Crippen molar-refractivity contribution in [1.29, 1.82) is 0 Å². The van der Waals surface area contributed by atoms with Crippen LogP contribution in [-0.2, 0) is 0 Å². The molecule has 0 spiro atoms. The molecule has 4 heteroatoms. The Morgan fingerprint density at radius 1 is 1.04 bits per heavy atom. The first-order chi connectivity index (χ1) is 13.6. The Bertz CT molecular complexity index is 834. The molecule has 4 rings (SSSR count). The van der Waals surface area contributed by atoms with Crippen LogP contribution in [0.1, 0.15) is 55.8 Å². The molecule has 2 unspecified atom stereocenters. The summed E-state index contributed by atoms with van der Waals surface area (Å²) in [5, 5.41) is 2.22. The summed E-state index contributed by atoms with van der Waals surface area (Å²) in [7, 11) is 2.22. The van der Waals surface area contributed by atoms with Crippen molar-refractivity contribution >= 4 is 16.7 Å². The van der Waals surface area contributed by atoms with E-state index in [-0.39, 0.29) is 5.91 Å². The summed E-state index contributed by atoms with van der Waals surface area (Å²) < 4.78 is 6.04. The molecule has 2 aromatic carbocycles. The maximum atomic E-state index is 12.8. The van der Waals surface area contributed by atoms with Crippen LogP contribution in [0, 0.1) is 0 Å². The lowest BCUT2D eigenvalue weighted by atomic mass is 10.0. The number of rotatable bonds is 5. The van der Waals surface area contributed by atoms with Gasteiger partial charge in [0.25, 0.3) is 5.91 Å². The third-order valence-corrected chi connectivity index (χ3v) is 6.51. The van der Waals surface area contributed by atoms with Gasteiger partial charge in [0.05, 0.1) is 6.61 Å². The summed E-state index contributed by atoms with van der Waals surface area (Å²) in [5.74, 6) is 1.07. The average Bonchev–Trinajstić information content (AvgIpc) is 3.14. The number of fused-ring (bicyclic) bond motifs is 1. The predicted octanol–water partition coefficient (Wildman–Crippen LogP) is 4.72. The van der Waals surface area contributed by atoms with Crippen molar-refractivity contribution in [2.75, 3.05) is 26.7 Å². The van der Waals surface area contributed by atoms with Gasteiger partial charge in [-0.15, -0.1) is 0 Å². The van der Waals surface area contributed by atoms with Crippen LogP contribution in [0.5, 0.6) is 5.75 Å². The maximum Gasteiger partial charge on any atom is 0.254 e. The van der Waals surface area contributed by atoms with E-state index in [1.165, 1.54) is 25.8 Å². The number of ether oxygens (including phenoxy) is 1. The number of carbonyl (C=O) groups excluding carboxylic acids is 1. The Kier molecular flexibility index (Phi) is 5.86. The molecule has 0 bridgehead atoms. The summed E-state index contributed by atoms with van der Waals surface area (Å²) in [6.07, 6.45) is 7.23. The van der Waals surface area contributed by atoms with Crippen LogP contribution in [0.25, 0.3) is 10.8 Å². The number of amides is 1. The summed E-state index contributed by atoms with van der Waals surface area (Å²) in [6, 6.07) is 13.2. The first-order valence-corrected chi connectivity index (χ1v) is 10.8. The van der Waals surface area contributed by atoms with Crippen molar-refractivity contribution in [3.63, 3.8) is 0 Å². The van der Waals surface area contributed by atoms with E-state index in [2.05, 4.69) is 31.0 Å². The predicted molar refractivity (Wildman–Crippen MR) is 114 cm³/mol. The minimum Gasteiger partial charge on any atom is -0.494 e. The lowest BCUT2D eigenvalue weighted by Gasteiger charge is -2.32. The molecule has 28 heavy (non-hydrogen) atoms. The van der Waals surface area contributed by atoms with Gasteiger partial charge in [-0.2, -0.15) is 0 Å². The van der Waals surface area contributed by atoms with E-state index in [1.54, 1.807) is 0 Å². The minimum absolute atomic E-state index is 0.156. The molecule has 2 fully saturated rings. The van der Waals surface area contributed by atoms with Gasteiger partial charge in [-0.1, -0.05) is 18.6 Å². The fraction of sp³-hybridized carbons (Fsp3) is 0.542. The Labute approximate surface area is 168 Å². The normalized spacial score (nSPS) is 23.3. The minimum atomic E-state index is 0.156. The molecule has 2 heterocycles. The van der Waals surface area contributed by atoms with Crippen molar-refractivity contribution in [3.05, 3.63) is 42.0 Å². The van der Waals surface area contributed by atoms with E-state index in [0.29, 0.717) is 12.1 Å². The molecule has 2 aliphatic rings. The van der Waals surface area contributed by atoms with Gasteiger partial charge in [0.2, 0.25) is 0 Å². The lowest BCUT2D eigenvalue weighted by Crippen LogP contribution is -2.37. The van der Waals surface area contributed by atoms with Gasteiger partial charge in [0.15, 0.2) is 0 Å². The summed E-state index contributed by atoms with van der Waals surface area (Å²) in [6.45, 7) is 4.98. The summed E-state index contributed by atoms with van der Waals surface area (Å²) in [4.78, 5) is 17.2. The standard InChI is InChI=1S/C24H32N2O2/c1-18-6-5-14-26(18)24(27)21-9-8-20-17-23(11-10-19(20)16-21)28-15-12-22-7-3-4-13-25(22)2/h8-11,16-18,22H,3-7,12-15H2,1-2H3. The first kappa shape index (κ1) is 19.3. The van der Waals surface area contributed by atoms with Gasteiger partial charge in [-0.25, -0.2) is 0 Å². The zero-order chi connectivity index (χ0) is 19.5. The van der Waals surface area contributed by atoms with Crippen molar-refractivity contribution in [3.8, 4) is 5.75 Å². The number of carbonyl (C=O) groups is 1. The molecule has 150 valence electrons. The molecule has 0 radical (unpaired) electrons. The van der Waals surface area contributed by atoms with Gasteiger partial charge in [0, 0.05) is 24.2 Å². The summed E-state index contributed by atoms with van der Waals surface area (Å²) >= 11 is 0. The molecular formula is C24H32N2O2. The maximum absolute atomic E-state index is 12.8. The number of hydrogen-bond acceptors (Lipinski definition) is 3. The molecule has 0 saturated carbocycles. The second-order valence-electron chi connectivity index (χ2n) is 8.48. The highest BCUT2D eigenvalue weighted by Gasteiger charge is 2.26. The quantitative estimate of drug-likeness (QED) is 0.753. The highest BCUT2D eigenvalue weighted by molar-refractivity contribution is 5.99. The van der Waals surface area contributed by atoms with Gasteiger partial charge in [-0.3, -0.25) is 4.79 Å². The summed E-state index contributed by atoms with van der Waals surface area (Å²) in [5.41, 5.74) is 0.787.